The molecule has 0 unspecified atom stereocenters. The van der Waals surface area contributed by atoms with Crippen LogP contribution < -0.4 is 4.74 Å². The normalized spacial score (nSPS) is 11.0. The number of rotatable bonds is 5. The molecule has 1 heterocycles. The molecule has 1 aromatic heterocycles. The van der Waals surface area contributed by atoms with Gasteiger partial charge in [0.25, 0.3) is 0 Å². The number of ether oxygens (including phenoxy) is 1. The maximum absolute atomic E-state index is 12.7. The number of aliphatic imine (C=N–C) groups is 1. The molecule has 0 fully saturated rings. The van der Waals surface area contributed by atoms with Crippen LogP contribution in [0.4, 0.5) is 5.69 Å². The van der Waals surface area contributed by atoms with E-state index in [0.29, 0.717) is 11.4 Å². The Kier molecular flexibility index (Phi) is 5.46. The first-order valence-electron chi connectivity index (χ1n) is 8.76. The zero-order chi connectivity index (χ0) is 19.4. The van der Waals surface area contributed by atoms with E-state index < -0.39 is 0 Å². The van der Waals surface area contributed by atoms with Gasteiger partial charge in [-0.1, -0.05) is 48.0 Å². The van der Waals surface area contributed by atoms with Crippen LogP contribution in [0, 0.1) is 20.8 Å². The summed E-state index contributed by atoms with van der Waals surface area (Å²) in [6.07, 6.45) is 1.34. The van der Waals surface area contributed by atoms with Crippen LogP contribution in [-0.2, 0) is 0 Å². The van der Waals surface area contributed by atoms with Gasteiger partial charge in [0.05, 0.1) is 30.3 Å². The molecule has 0 aliphatic heterocycles. The first-order valence-corrected chi connectivity index (χ1v) is 8.76. The zero-order valence-electron chi connectivity index (χ0n) is 16.0. The van der Waals surface area contributed by atoms with E-state index in [0.717, 1.165) is 28.1 Å². The number of hydrogen-bond donors (Lipinski definition) is 0. The highest BCUT2D eigenvalue weighted by Crippen LogP contribution is 2.26. The molecule has 2 aromatic carbocycles. The van der Waals surface area contributed by atoms with Crippen molar-refractivity contribution in [3.05, 3.63) is 76.9 Å². The molecule has 0 atom stereocenters. The third kappa shape index (κ3) is 4.11. The summed E-state index contributed by atoms with van der Waals surface area (Å²) in [4.78, 5) is 21.6. The van der Waals surface area contributed by atoms with Crippen molar-refractivity contribution >= 4 is 17.7 Å². The Balaban J connectivity index is 1.91. The van der Waals surface area contributed by atoms with Gasteiger partial charge in [0.2, 0.25) is 11.7 Å². The summed E-state index contributed by atoms with van der Waals surface area (Å²) in [5.41, 5.74) is 6.20. The smallest absolute Gasteiger partial charge is 0.225 e. The number of benzene rings is 2. The van der Waals surface area contributed by atoms with Crippen LogP contribution in [-0.4, -0.2) is 24.1 Å². The minimum Gasteiger partial charge on any atom is -0.480 e. The maximum Gasteiger partial charge on any atom is 0.225 e. The fourth-order valence-electron chi connectivity index (χ4n) is 3.12. The van der Waals surface area contributed by atoms with Crippen molar-refractivity contribution in [2.75, 3.05) is 7.11 Å². The number of aromatic nitrogens is 1. The van der Waals surface area contributed by atoms with Gasteiger partial charge in [-0.25, -0.2) is 4.98 Å². The number of nitrogens with zero attached hydrogens (tertiary/aromatic N) is 2. The number of ketones is 1. The fraction of sp³-hybridized carbons (Fsp3) is 0.174. The molecule has 0 aliphatic rings. The van der Waals surface area contributed by atoms with Gasteiger partial charge in [0.15, 0.2) is 0 Å². The Morgan fingerprint density at radius 1 is 1.00 bits per heavy atom. The van der Waals surface area contributed by atoms with E-state index in [-0.39, 0.29) is 5.78 Å². The second-order valence-electron chi connectivity index (χ2n) is 6.49. The summed E-state index contributed by atoms with van der Waals surface area (Å²) >= 11 is 0. The van der Waals surface area contributed by atoms with Crippen LogP contribution in [0.1, 0.15) is 27.0 Å². The largest absolute Gasteiger partial charge is 0.480 e. The molecule has 0 aliphatic carbocycles. The quantitative estimate of drug-likeness (QED) is 0.461. The second-order valence-corrected chi connectivity index (χ2v) is 6.49. The van der Waals surface area contributed by atoms with Crippen LogP contribution in [0.25, 0.3) is 11.3 Å². The molecule has 136 valence electrons. The molecule has 4 nitrogen and oxygen atoms in total. The third-order valence-corrected chi connectivity index (χ3v) is 4.33. The first kappa shape index (κ1) is 18.5. The molecule has 0 radical (unpaired) electrons. The lowest BCUT2D eigenvalue weighted by atomic mass is 10.1. The lowest BCUT2D eigenvalue weighted by Gasteiger charge is -2.08. The minimum atomic E-state index is -0.238. The summed E-state index contributed by atoms with van der Waals surface area (Å²) in [7, 11) is 1.51. The number of Topliss-reactive ketones (excluding diaryl/α,β-unsaturated/α-hetero) is 1. The highest BCUT2D eigenvalue weighted by molar-refractivity contribution is 6.36. The monoisotopic (exact) mass is 358 g/mol. The maximum atomic E-state index is 12.7. The van der Waals surface area contributed by atoms with Gasteiger partial charge in [-0.2, -0.15) is 0 Å². The molecule has 0 bridgehead atoms. The number of pyridine rings is 1. The molecule has 0 N–H and O–H groups in total. The Bertz CT molecular complexity index is 985. The molecular weight excluding hydrogens is 336 g/mol. The zero-order valence-corrected chi connectivity index (χ0v) is 16.0. The van der Waals surface area contributed by atoms with E-state index in [1.165, 1.54) is 18.9 Å². The lowest BCUT2D eigenvalue weighted by molar-refractivity contribution is 0.106. The average Bonchev–Trinajstić information content (AvgIpc) is 2.67. The van der Waals surface area contributed by atoms with Crippen molar-refractivity contribution < 1.29 is 9.53 Å². The lowest BCUT2D eigenvalue weighted by Crippen LogP contribution is -2.05. The van der Waals surface area contributed by atoms with E-state index >= 15 is 0 Å². The molecule has 0 amide bonds. The topological polar surface area (TPSA) is 51.5 Å². The van der Waals surface area contributed by atoms with Crippen molar-refractivity contribution in [3.8, 4) is 17.1 Å². The Labute approximate surface area is 159 Å². The molecule has 0 saturated heterocycles. The minimum absolute atomic E-state index is 0.238. The summed E-state index contributed by atoms with van der Waals surface area (Å²) in [5.74, 6) is 0.0588. The SMILES string of the molecule is COc1nc(-c2ccccc2)ccc1C(=O)C=Nc1c(C)cc(C)cc1C. The number of carbonyl (C=O) groups is 1. The van der Waals surface area contributed by atoms with Crippen molar-refractivity contribution in [3.63, 3.8) is 0 Å². The summed E-state index contributed by atoms with van der Waals surface area (Å²) in [5, 5.41) is 0. The first-order chi connectivity index (χ1) is 13.0. The summed E-state index contributed by atoms with van der Waals surface area (Å²) in [6, 6.07) is 17.4. The molecule has 4 heteroatoms. The van der Waals surface area contributed by atoms with Crippen molar-refractivity contribution in [1.29, 1.82) is 0 Å². The molecule has 0 spiro atoms. The van der Waals surface area contributed by atoms with E-state index in [1.807, 2.05) is 57.2 Å². The molecule has 27 heavy (non-hydrogen) atoms. The second kappa shape index (κ2) is 7.96. The fourth-order valence-corrected chi connectivity index (χ4v) is 3.12. The molecule has 3 rings (SSSR count). The van der Waals surface area contributed by atoms with Crippen LogP contribution in [0.2, 0.25) is 0 Å². The number of carbonyl (C=O) groups excluding carboxylic acids is 1. The van der Waals surface area contributed by atoms with Crippen molar-refractivity contribution in [2.45, 2.75) is 20.8 Å². The highest BCUT2D eigenvalue weighted by atomic mass is 16.5. The van der Waals surface area contributed by atoms with E-state index in [4.69, 9.17) is 4.74 Å². The van der Waals surface area contributed by atoms with Gasteiger partial charge in [-0.3, -0.25) is 9.79 Å². The Hall–Kier alpha value is -3.27. The molecular formula is C23H22N2O2. The van der Waals surface area contributed by atoms with Gasteiger partial charge >= 0.3 is 0 Å². The predicted molar refractivity (Wildman–Crippen MR) is 109 cm³/mol. The van der Waals surface area contributed by atoms with Gasteiger partial charge in [0.1, 0.15) is 0 Å². The van der Waals surface area contributed by atoms with Gasteiger partial charge in [-0.15, -0.1) is 0 Å². The van der Waals surface area contributed by atoms with Crippen molar-refractivity contribution in [1.82, 2.24) is 4.98 Å². The van der Waals surface area contributed by atoms with Crippen molar-refractivity contribution in [2.24, 2.45) is 4.99 Å². The third-order valence-electron chi connectivity index (χ3n) is 4.33. The summed E-state index contributed by atoms with van der Waals surface area (Å²) < 4.78 is 5.35. The van der Waals surface area contributed by atoms with Crippen LogP contribution in [0.3, 0.4) is 0 Å². The standard InChI is InChI=1S/C23H22N2O2/c1-15-12-16(2)22(17(3)13-15)24-14-21(26)19-10-11-20(25-23(19)27-4)18-8-6-5-7-9-18/h5-14H,1-4H3. The average molecular weight is 358 g/mol. The van der Waals surface area contributed by atoms with Crippen LogP contribution in [0.15, 0.2) is 59.6 Å². The number of methoxy groups -OCH3 is 1. The van der Waals surface area contributed by atoms with E-state index in [9.17, 15) is 4.79 Å². The van der Waals surface area contributed by atoms with Gasteiger partial charge in [0, 0.05) is 5.56 Å². The number of aryl methyl sites for hydroxylation is 3. The predicted octanol–water partition coefficient (Wildman–Crippen LogP) is 5.27. The molecule has 0 saturated carbocycles. The van der Waals surface area contributed by atoms with Gasteiger partial charge in [-0.05, 0) is 44.0 Å². The van der Waals surface area contributed by atoms with Gasteiger partial charge < -0.3 is 4.74 Å². The highest BCUT2D eigenvalue weighted by Gasteiger charge is 2.14. The Morgan fingerprint density at radius 3 is 2.30 bits per heavy atom. The van der Waals surface area contributed by atoms with Crippen LogP contribution in [0.5, 0.6) is 5.88 Å². The summed E-state index contributed by atoms with van der Waals surface area (Å²) in [6.45, 7) is 6.03. The Morgan fingerprint density at radius 2 is 1.67 bits per heavy atom. The number of hydrogen-bond acceptors (Lipinski definition) is 4. The van der Waals surface area contributed by atoms with E-state index in [1.54, 1.807) is 6.07 Å². The van der Waals surface area contributed by atoms with E-state index in [2.05, 4.69) is 22.1 Å². The molecule has 3 aromatic rings. The van der Waals surface area contributed by atoms with Crippen LogP contribution >= 0.6 is 0 Å².